The van der Waals surface area contributed by atoms with E-state index in [0.29, 0.717) is 0 Å². The normalized spacial score (nSPS) is 13.7. The standard InChI is InChI=1S/C10H14FNO3S/c1-8(7-13)16(14,15)12-6-9-4-2-3-5-10(9)11/h2-5,8,12-13H,6-7H2,1H3. The van der Waals surface area contributed by atoms with E-state index in [-0.39, 0.29) is 12.1 Å². The van der Waals surface area contributed by atoms with Crippen molar-refractivity contribution >= 4 is 10.0 Å². The molecule has 1 aromatic carbocycles. The molecule has 0 aliphatic rings. The number of benzene rings is 1. The Morgan fingerprint density at radius 3 is 2.62 bits per heavy atom. The Morgan fingerprint density at radius 2 is 2.06 bits per heavy atom. The van der Waals surface area contributed by atoms with Crippen molar-refractivity contribution in [1.82, 2.24) is 4.72 Å². The molecule has 0 aliphatic heterocycles. The first-order valence-electron chi connectivity index (χ1n) is 4.80. The smallest absolute Gasteiger partial charge is 0.216 e. The summed E-state index contributed by atoms with van der Waals surface area (Å²) in [4.78, 5) is 0. The number of halogens is 1. The maximum Gasteiger partial charge on any atom is 0.216 e. The maximum absolute atomic E-state index is 13.2. The van der Waals surface area contributed by atoms with Crippen molar-refractivity contribution < 1.29 is 17.9 Å². The zero-order valence-electron chi connectivity index (χ0n) is 8.85. The van der Waals surface area contributed by atoms with Gasteiger partial charge in [0.05, 0.1) is 11.9 Å². The summed E-state index contributed by atoms with van der Waals surface area (Å²) in [5.74, 6) is -0.457. The Bertz CT molecular complexity index is 447. The van der Waals surface area contributed by atoms with Gasteiger partial charge in [0.2, 0.25) is 10.0 Å². The number of aliphatic hydroxyl groups is 1. The molecule has 1 atom stereocenters. The van der Waals surface area contributed by atoms with E-state index in [9.17, 15) is 12.8 Å². The van der Waals surface area contributed by atoms with Crippen LogP contribution in [0.25, 0.3) is 0 Å². The second-order valence-electron chi connectivity index (χ2n) is 3.45. The summed E-state index contributed by atoms with van der Waals surface area (Å²) < 4.78 is 38.3. The lowest BCUT2D eigenvalue weighted by atomic mass is 10.2. The van der Waals surface area contributed by atoms with Crippen LogP contribution in [0, 0.1) is 5.82 Å². The van der Waals surface area contributed by atoms with Crippen LogP contribution in [0.2, 0.25) is 0 Å². The fraction of sp³-hybridized carbons (Fsp3) is 0.400. The van der Waals surface area contributed by atoms with Crippen LogP contribution in [0.5, 0.6) is 0 Å². The molecule has 1 rings (SSSR count). The molecule has 0 aromatic heterocycles. The predicted octanol–water partition coefficient (Wildman–Crippen LogP) is 0.626. The SMILES string of the molecule is CC(CO)S(=O)(=O)NCc1ccccc1F. The molecule has 2 N–H and O–H groups in total. The third-order valence-corrected chi connectivity index (χ3v) is 3.96. The third kappa shape index (κ3) is 3.26. The monoisotopic (exact) mass is 247 g/mol. The molecular formula is C10H14FNO3S. The van der Waals surface area contributed by atoms with E-state index in [1.54, 1.807) is 6.07 Å². The molecule has 6 heteroatoms. The minimum atomic E-state index is -3.59. The van der Waals surface area contributed by atoms with Gasteiger partial charge in [-0.3, -0.25) is 0 Å². The molecule has 1 aromatic rings. The Balaban J connectivity index is 2.69. The van der Waals surface area contributed by atoms with E-state index in [2.05, 4.69) is 4.72 Å². The molecule has 90 valence electrons. The van der Waals surface area contributed by atoms with Crippen molar-refractivity contribution in [3.05, 3.63) is 35.6 Å². The van der Waals surface area contributed by atoms with Crippen LogP contribution < -0.4 is 4.72 Å². The first-order valence-corrected chi connectivity index (χ1v) is 6.34. The van der Waals surface area contributed by atoms with Crippen molar-refractivity contribution in [2.45, 2.75) is 18.7 Å². The molecule has 0 radical (unpaired) electrons. The molecule has 4 nitrogen and oxygen atoms in total. The van der Waals surface area contributed by atoms with Crippen LogP contribution in [-0.4, -0.2) is 25.4 Å². The average Bonchev–Trinajstić information content (AvgIpc) is 2.27. The summed E-state index contributed by atoms with van der Waals surface area (Å²) in [7, 11) is -3.59. The zero-order valence-corrected chi connectivity index (χ0v) is 9.67. The maximum atomic E-state index is 13.2. The fourth-order valence-electron chi connectivity index (χ4n) is 1.06. The van der Waals surface area contributed by atoms with Crippen LogP contribution in [-0.2, 0) is 16.6 Å². The van der Waals surface area contributed by atoms with Gasteiger partial charge in [-0.05, 0) is 13.0 Å². The van der Waals surface area contributed by atoms with Crippen LogP contribution in [0.3, 0.4) is 0 Å². The van der Waals surface area contributed by atoms with Gasteiger partial charge in [0.15, 0.2) is 0 Å². The third-order valence-electron chi connectivity index (χ3n) is 2.21. The first-order chi connectivity index (χ1) is 7.47. The zero-order chi connectivity index (χ0) is 12.2. The minimum Gasteiger partial charge on any atom is -0.395 e. The average molecular weight is 247 g/mol. The molecule has 0 bridgehead atoms. The predicted molar refractivity (Wildman–Crippen MR) is 58.7 cm³/mol. The molecule has 0 fully saturated rings. The van der Waals surface area contributed by atoms with Gasteiger partial charge >= 0.3 is 0 Å². The fourth-order valence-corrected chi connectivity index (χ4v) is 1.90. The summed E-state index contributed by atoms with van der Waals surface area (Å²) in [6.45, 7) is 0.801. The van der Waals surface area contributed by atoms with Crippen molar-refractivity contribution in [2.75, 3.05) is 6.61 Å². The van der Waals surface area contributed by atoms with E-state index < -0.39 is 27.7 Å². The van der Waals surface area contributed by atoms with Crippen molar-refractivity contribution in [2.24, 2.45) is 0 Å². The van der Waals surface area contributed by atoms with Crippen molar-refractivity contribution in [3.8, 4) is 0 Å². The summed E-state index contributed by atoms with van der Waals surface area (Å²) in [6.07, 6.45) is 0. The van der Waals surface area contributed by atoms with Gasteiger partial charge in [-0.2, -0.15) is 0 Å². The highest BCUT2D eigenvalue weighted by Crippen LogP contribution is 2.07. The number of aliphatic hydroxyl groups excluding tert-OH is 1. The van der Waals surface area contributed by atoms with Crippen LogP contribution in [0.4, 0.5) is 4.39 Å². The second kappa shape index (κ2) is 5.38. The van der Waals surface area contributed by atoms with Gasteiger partial charge in [0, 0.05) is 12.1 Å². The number of rotatable bonds is 5. The number of hydrogen-bond acceptors (Lipinski definition) is 3. The summed E-state index contributed by atoms with van der Waals surface area (Å²) >= 11 is 0. The van der Waals surface area contributed by atoms with Gasteiger partial charge < -0.3 is 5.11 Å². The number of hydrogen-bond donors (Lipinski definition) is 2. The van der Waals surface area contributed by atoms with E-state index >= 15 is 0 Å². The lowest BCUT2D eigenvalue weighted by Crippen LogP contribution is -2.34. The first kappa shape index (κ1) is 13.1. The molecule has 0 heterocycles. The molecule has 0 saturated heterocycles. The van der Waals surface area contributed by atoms with E-state index in [1.807, 2.05) is 0 Å². The van der Waals surface area contributed by atoms with Gasteiger partial charge in [0.25, 0.3) is 0 Å². The summed E-state index contributed by atoms with van der Waals surface area (Å²) in [5, 5.41) is 7.83. The molecule has 1 unspecified atom stereocenters. The Morgan fingerprint density at radius 1 is 1.44 bits per heavy atom. The molecule has 0 amide bonds. The second-order valence-corrected chi connectivity index (χ2v) is 5.63. The van der Waals surface area contributed by atoms with Gasteiger partial charge in [0.1, 0.15) is 5.82 Å². The minimum absolute atomic E-state index is 0.112. The van der Waals surface area contributed by atoms with Gasteiger partial charge in [-0.25, -0.2) is 17.5 Å². The van der Waals surface area contributed by atoms with Crippen molar-refractivity contribution in [1.29, 1.82) is 0 Å². The Hall–Kier alpha value is -0.980. The number of nitrogens with one attached hydrogen (secondary N) is 1. The number of sulfonamides is 1. The van der Waals surface area contributed by atoms with Crippen LogP contribution in [0.15, 0.2) is 24.3 Å². The lowest BCUT2D eigenvalue weighted by molar-refractivity contribution is 0.294. The van der Waals surface area contributed by atoms with Crippen molar-refractivity contribution in [3.63, 3.8) is 0 Å². The highest BCUT2D eigenvalue weighted by molar-refractivity contribution is 7.90. The Labute approximate surface area is 94.2 Å². The van der Waals surface area contributed by atoms with Gasteiger partial charge in [-0.1, -0.05) is 18.2 Å². The summed E-state index contributed by atoms with van der Waals surface area (Å²) in [6, 6.07) is 5.92. The van der Waals surface area contributed by atoms with Crippen LogP contribution >= 0.6 is 0 Å². The quantitative estimate of drug-likeness (QED) is 0.802. The van der Waals surface area contributed by atoms with E-state index in [0.717, 1.165) is 0 Å². The molecule has 16 heavy (non-hydrogen) atoms. The molecular weight excluding hydrogens is 233 g/mol. The topological polar surface area (TPSA) is 66.4 Å². The van der Waals surface area contributed by atoms with Gasteiger partial charge in [-0.15, -0.1) is 0 Å². The highest BCUT2D eigenvalue weighted by atomic mass is 32.2. The molecule has 0 aliphatic carbocycles. The van der Waals surface area contributed by atoms with Crippen LogP contribution in [0.1, 0.15) is 12.5 Å². The largest absolute Gasteiger partial charge is 0.395 e. The highest BCUT2D eigenvalue weighted by Gasteiger charge is 2.19. The summed E-state index contributed by atoms with van der Waals surface area (Å²) in [5.41, 5.74) is 0.274. The Kier molecular flexibility index (Phi) is 4.40. The molecule has 0 spiro atoms. The van der Waals surface area contributed by atoms with E-state index in [1.165, 1.54) is 25.1 Å². The lowest BCUT2D eigenvalue weighted by Gasteiger charge is -2.11. The molecule has 0 saturated carbocycles. The van der Waals surface area contributed by atoms with E-state index in [4.69, 9.17) is 5.11 Å².